The zero-order chi connectivity index (χ0) is 24.6. The normalized spacial score (nSPS) is 18.6. The topological polar surface area (TPSA) is 79.0 Å². The van der Waals surface area contributed by atoms with E-state index >= 15 is 0 Å². The summed E-state index contributed by atoms with van der Waals surface area (Å²) >= 11 is 0. The molecule has 2 aromatic rings. The van der Waals surface area contributed by atoms with Crippen molar-refractivity contribution >= 4 is 40.9 Å². The summed E-state index contributed by atoms with van der Waals surface area (Å²) in [5.74, 6) is -0.748. The van der Waals surface area contributed by atoms with Crippen LogP contribution in [0.4, 0.5) is 16.2 Å². The van der Waals surface area contributed by atoms with Gasteiger partial charge in [0.25, 0.3) is 11.8 Å². The van der Waals surface area contributed by atoms with Gasteiger partial charge >= 0.3 is 6.03 Å². The summed E-state index contributed by atoms with van der Waals surface area (Å²) in [6, 6.07) is 11.7. The summed E-state index contributed by atoms with van der Waals surface area (Å²) in [5.41, 5.74) is 4.16. The Morgan fingerprint density at radius 3 is 2.38 bits per heavy atom. The maximum absolute atomic E-state index is 13.2. The number of likely N-dealkylation sites (N-methyl/N-ethyl adjacent to an activating group) is 1. The van der Waals surface area contributed by atoms with Gasteiger partial charge in [-0.2, -0.15) is 0 Å². The van der Waals surface area contributed by atoms with Crippen molar-refractivity contribution in [3.05, 3.63) is 65.2 Å². The average Bonchev–Trinajstić information content (AvgIpc) is 2.78. The molecule has 1 N–H and O–H groups in total. The lowest BCUT2D eigenvalue weighted by Gasteiger charge is -2.42. The first-order valence-electron chi connectivity index (χ1n) is 11.4. The van der Waals surface area contributed by atoms with E-state index in [1.165, 1.54) is 6.08 Å². The number of nitrogens with zero attached hydrogens (tertiary/aromatic N) is 2. The molecule has 7 heteroatoms. The van der Waals surface area contributed by atoms with E-state index in [9.17, 15) is 14.4 Å². The lowest BCUT2D eigenvalue weighted by molar-refractivity contribution is -0.122. The van der Waals surface area contributed by atoms with Gasteiger partial charge in [-0.15, -0.1) is 0 Å². The van der Waals surface area contributed by atoms with Crippen molar-refractivity contribution in [2.24, 2.45) is 0 Å². The Kier molecular flexibility index (Phi) is 6.04. The lowest BCUT2D eigenvalue weighted by atomic mass is 9.88. The number of hydrogen-bond donors (Lipinski definition) is 1. The molecule has 0 aliphatic carbocycles. The Hall–Kier alpha value is -3.87. The molecule has 34 heavy (non-hydrogen) atoms. The van der Waals surface area contributed by atoms with Crippen LogP contribution in [0.25, 0.3) is 11.6 Å². The summed E-state index contributed by atoms with van der Waals surface area (Å²) in [6.45, 7) is 11.8. The molecule has 1 fully saturated rings. The number of fused-ring (bicyclic) bond motifs is 1. The average molecular weight is 460 g/mol. The smallest absolute Gasteiger partial charge is 0.335 e. The fraction of sp³-hybridized carbons (Fsp3) is 0.296. The highest BCUT2D eigenvalue weighted by Gasteiger charge is 2.37. The van der Waals surface area contributed by atoms with Crippen molar-refractivity contribution in [3.8, 4) is 5.75 Å². The number of ether oxygens (including phenoxy) is 1. The number of hydrogen-bond acceptors (Lipinski definition) is 5. The molecule has 0 spiro atoms. The van der Waals surface area contributed by atoms with Crippen LogP contribution in [0.5, 0.6) is 5.75 Å². The highest BCUT2D eigenvalue weighted by atomic mass is 16.5. The maximum atomic E-state index is 13.2. The predicted octanol–water partition coefficient (Wildman–Crippen LogP) is 4.77. The first-order valence-corrected chi connectivity index (χ1v) is 11.4. The molecule has 0 radical (unpaired) electrons. The molecule has 7 nitrogen and oxygen atoms in total. The van der Waals surface area contributed by atoms with Crippen LogP contribution in [0.3, 0.4) is 0 Å². The molecule has 4 rings (SSSR count). The van der Waals surface area contributed by atoms with Crippen molar-refractivity contribution < 1.29 is 19.1 Å². The van der Waals surface area contributed by atoms with E-state index in [1.54, 1.807) is 24.3 Å². The molecule has 0 atom stereocenters. The van der Waals surface area contributed by atoms with Gasteiger partial charge in [0.1, 0.15) is 11.3 Å². The molecular formula is C27H29N3O4. The zero-order valence-corrected chi connectivity index (χ0v) is 20.1. The second-order valence-electron chi connectivity index (χ2n) is 8.89. The van der Waals surface area contributed by atoms with Crippen LogP contribution < -0.4 is 19.9 Å². The van der Waals surface area contributed by atoms with Crippen LogP contribution in [0.15, 0.2) is 54.1 Å². The largest absolute Gasteiger partial charge is 0.494 e. The molecule has 0 saturated carbocycles. The van der Waals surface area contributed by atoms with Crippen molar-refractivity contribution in [2.75, 3.05) is 23.0 Å². The number of anilines is 2. The summed E-state index contributed by atoms with van der Waals surface area (Å²) in [4.78, 5) is 41.6. The van der Waals surface area contributed by atoms with Crippen LogP contribution >= 0.6 is 0 Å². The maximum Gasteiger partial charge on any atom is 0.335 e. The second kappa shape index (κ2) is 8.82. The third kappa shape index (κ3) is 4.09. The van der Waals surface area contributed by atoms with E-state index in [0.29, 0.717) is 23.6 Å². The fourth-order valence-electron chi connectivity index (χ4n) is 4.69. The Bertz CT molecular complexity index is 1220. The first kappa shape index (κ1) is 23.3. The molecule has 2 heterocycles. The lowest BCUT2D eigenvalue weighted by Crippen LogP contribution is -2.54. The van der Waals surface area contributed by atoms with E-state index in [-0.39, 0.29) is 11.1 Å². The van der Waals surface area contributed by atoms with E-state index in [2.05, 4.69) is 44.0 Å². The van der Waals surface area contributed by atoms with E-state index in [0.717, 1.165) is 28.3 Å². The number of carbonyl (C=O) groups excluding carboxylic acids is 3. The van der Waals surface area contributed by atoms with Crippen LogP contribution in [-0.4, -0.2) is 36.5 Å². The Morgan fingerprint density at radius 2 is 1.74 bits per heavy atom. The highest BCUT2D eigenvalue weighted by Crippen LogP contribution is 2.39. The number of carbonyl (C=O) groups is 3. The number of urea groups is 1. The monoisotopic (exact) mass is 459 g/mol. The van der Waals surface area contributed by atoms with Gasteiger partial charge in [0.05, 0.1) is 17.8 Å². The van der Waals surface area contributed by atoms with Gasteiger partial charge in [-0.25, -0.2) is 9.69 Å². The number of benzene rings is 2. The Morgan fingerprint density at radius 1 is 1.03 bits per heavy atom. The van der Waals surface area contributed by atoms with Crippen molar-refractivity contribution in [3.63, 3.8) is 0 Å². The zero-order valence-electron chi connectivity index (χ0n) is 20.1. The van der Waals surface area contributed by atoms with Gasteiger partial charge in [0.2, 0.25) is 0 Å². The van der Waals surface area contributed by atoms with Gasteiger partial charge in [0.15, 0.2) is 0 Å². The molecule has 2 aliphatic heterocycles. The number of rotatable bonds is 5. The van der Waals surface area contributed by atoms with Crippen molar-refractivity contribution in [1.29, 1.82) is 0 Å². The SMILES string of the molecule is CCOc1ccc(N2C(=O)NC(=O)/C(=C/c3ccc4c(c3)C(C)=CC(C)(C)N4CC)C2=O)cc1. The van der Waals surface area contributed by atoms with Gasteiger partial charge in [0, 0.05) is 17.8 Å². The fourth-order valence-corrected chi connectivity index (χ4v) is 4.69. The Balaban J connectivity index is 1.70. The number of amides is 4. The summed E-state index contributed by atoms with van der Waals surface area (Å²) < 4.78 is 5.42. The molecular weight excluding hydrogens is 430 g/mol. The molecule has 4 amide bonds. The van der Waals surface area contributed by atoms with Crippen molar-refractivity contribution in [1.82, 2.24) is 5.32 Å². The number of allylic oxidation sites excluding steroid dienone is 1. The minimum atomic E-state index is -0.777. The summed E-state index contributed by atoms with van der Waals surface area (Å²) in [6.07, 6.45) is 3.76. The standard InChI is InChI=1S/C27H29N3O4/c1-6-29-23-13-8-18(14-21(23)17(3)16-27(29,4)5)15-22-24(31)28-26(33)30(25(22)32)19-9-11-20(12-10-19)34-7-2/h8-16H,6-7H2,1-5H3,(H,28,31,33)/b22-15-. The van der Waals surface area contributed by atoms with Gasteiger partial charge in [-0.05, 0) is 88.2 Å². The third-order valence-corrected chi connectivity index (χ3v) is 6.14. The van der Waals surface area contributed by atoms with Crippen LogP contribution in [0.1, 0.15) is 45.7 Å². The van der Waals surface area contributed by atoms with E-state index in [4.69, 9.17) is 4.74 Å². The highest BCUT2D eigenvalue weighted by molar-refractivity contribution is 6.39. The quantitative estimate of drug-likeness (QED) is 0.515. The van der Waals surface area contributed by atoms with Gasteiger partial charge in [-0.1, -0.05) is 12.1 Å². The predicted molar refractivity (Wildman–Crippen MR) is 134 cm³/mol. The molecule has 0 aromatic heterocycles. The number of imide groups is 2. The van der Waals surface area contributed by atoms with Gasteiger partial charge < -0.3 is 9.64 Å². The molecule has 0 unspecified atom stereocenters. The minimum Gasteiger partial charge on any atom is -0.494 e. The first-order chi connectivity index (χ1) is 16.2. The molecule has 2 aromatic carbocycles. The minimum absolute atomic E-state index is 0.0986. The molecule has 176 valence electrons. The van der Waals surface area contributed by atoms with Crippen LogP contribution in [0.2, 0.25) is 0 Å². The Labute approximate surface area is 199 Å². The summed E-state index contributed by atoms with van der Waals surface area (Å²) in [7, 11) is 0. The van der Waals surface area contributed by atoms with E-state index in [1.807, 2.05) is 25.1 Å². The number of nitrogens with one attached hydrogen (secondary N) is 1. The third-order valence-electron chi connectivity index (χ3n) is 6.14. The molecule has 1 saturated heterocycles. The second-order valence-corrected chi connectivity index (χ2v) is 8.89. The van der Waals surface area contributed by atoms with Gasteiger partial charge in [-0.3, -0.25) is 14.9 Å². The molecule has 0 bridgehead atoms. The van der Waals surface area contributed by atoms with Crippen molar-refractivity contribution in [2.45, 2.75) is 40.2 Å². The van der Waals surface area contributed by atoms with E-state index < -0.39 is 17.8 Å². The summed E-state index contributed by atoms with van der Waals surface area (Å²) in [5, 5.41) is 2.27. The molecule has 2 aliphatic rings. The van der Waals surface area contributed by atoms with Crippen LogP contribution in [0, 0.1) is 0 Å². The number of barbiturate groups is 1. The van der Waals surface area contributed by atoms with Crippen LogP contribution in [-0.2, 0) is 9.59 Å².